The molecule has 8 nitrogen and oxygen atoms in total. The van der Waals surface area contributed by atoms with E-state index in [2.05, 4.69) is 10.3 Å². The molecule has 0 radical (unpaired) electrons. The predicted molar refractivity (Wildman–Crippen MR) is 123 cm³/mol. The molecule has 8 heteroatoms. The van der Waals surface area contributed by atoms with Gasteiger partial charge >= 0.3 is 0 Å². The molecule has 2 heterocycles. The molecule has 0 aliphatic carbocycles. The number of furan rings is 1. The second-order valence-corrected chi connectivity index (χ2v) is 7.36. The molecule has 1 amide bonds. The van der Waals surface area contributed by atoms with E-state index in [1.54, 1.807) is 36.4 Å². The Bertz CT molecular complexity index is 1480. The number of hydrogen-bond donors (Lipinski definition) is 1. The van der Waals surface area contributed by atoms with Gasteiger partial charge in [0.05, 0.1) is 10.5 Å². The lowest BCUT2D eigenvalue weighted by molar-refractivity contribution is -0.384. The highest BCUT2D eigenvalue weighted by molar-refractivity contribution is 6.03. The van der Waals surface area contributed by atoms with Crippen LogP contribution < -0.4 is 5.32 Å². The second kappa shape index (κ2) is 8.08. The number of amides is 1. The van der Waals surface area contributed by atoms with Gasteiger partial charge in [-0.25, -0.2) is 4.98 Å². The third-order valence-corrected chi connectivity index (χ3v) is 5.30. The van der Waals surface area contributed by atoms with Crippen molar-refractivity contribution >= 4 is 28.4 Å². The Kier molecular flexibility index (Phi) is 4.95. The summed E-state index contributed by atoms with van der Waals surface area (Å²) in [7, 11) is 0. The molecular formula is C25H17N3O5. The molecule has 5 rings (SSSR count). The summed E-state index contributed by atoms with van der Waals surface area (Å²) in [6.45, 7) is 1.86. The summed E-state index contributed by atoms with van der Waals surface area (Å²) in [6, 6.07) is 22.2. The van der Waals surface area contributed by atoms with Gasteiger partial charge in [0.15, 0.2) is 11.3 Å². The van der Waals surface area contributed by atoms with Gasteiger partial charge in [0, 0.05) is 17.3 Å². The van der Waals surface area contributed by atoms with Crippen LogP contribution in [0.15, 0.2) is 87.7 Å². The number of nitro groups is 1. The summed E-state index contributed by atoms with van der Waals surface area (Å²) in [5.74, 6) is 0.262. The van der Waals surface area contributed by atoms with Crippen molar-refractivity contribution in [2.75, 3.05) is 5.32 Å². The minimum absolute atomic E-state index is 0.0369. The molecule has 1 N–H and O–H groups in total. The molecule has 0 saturated heterocycles. The molecule has 5 aromatic rings. The molecule has 3 aromatic carbocycles. The van der Waals surface area contributed by atoms with Crippen LogP contribution in [0.3, 0.4) is 0 Å². The first-order valence-electron chi connectivity index (χ1n) is 10.1. The largest absolute Gasteiger partial charge is 0.451 e. The average molecular weight is 439 g/mol. The van der Waals surface area contributed by atoms with Gasteiger partial charge in [0.2, 0.25) is 5.89 Å². The maximum absolute atomic E-state index is 12.8. The Morgan fingerprint density at radius 2 is 1.67 bits per heavy atom. The first kappa shape index (κ1) is 20.2. The van der Waals surface area contributed by atoms with E-state index < -0.39 is 10.8 Å². The van der Waals surface area contributed by atoms with E-state index in [1.807, 2.05) is 37.3 Å². The number of para-hydroxylation sites is 3. The molecule has 0 saturated carbocycles. The van der Waals surface area contributed by atoms with Crippen molar-refractivity contribution in [3.05, 3.63) is 100 Å². The third-order valence-electron chi connectivity index (χ3n) is 5.30. The van der Waals surface area contributed by atoms with E-state index in [9.17, 15) is 14.9 Å². The molecule has 0 spiro atoms. The van der Waals surface area contributed by atoms with Crippen LogP contribution in [0, 0.1) is 17.0 Å². The van der Waals surface area contributed by atoms with Crippen molar-refractivity contribution in [2.24, 2.45) is 0 Å². The Labute approximate surface area is 187 Å². The molecular weight excluding hydrogens is 422 g/mol. The van der Waals surface area contributed by atoms with Crippen molar-refractivity contribution < 1.29 is 18.6 Å². The SMILES string of the molecule is Cc1c(NC(=O)c2ccc(-c3ccccc3[N+](=O)[O-])o2)cccc1-c1nc2ccccc2o1. The zero-order chi connectivity index (χ0) is 22.9. The first-order chi connectivity index (χ1) is 16.0. The predicted octanol–water partition coefficient (Wildman–Crippen LogP) is 6.22. The van der Waals surface area contributed by atoms with E-state index in [1.165, 1.54) is 12.1 Å². The number of benzene rings is 3. The topological polar surface area (TPSA) is 111 Å². The Morgan fingerprint density at radius 3 is 2.48 bits per heavy atom. The number of hydrogen-bond acceptors (Lipinski definition) is 6. The van der Waals surface area contributed by atoms with Crippen LogP contribution in [0.1, 0.15) is 16.1 Å². The summed E-state index contributed by atoms with van der Waals surface area (Å²) < 4.78 is 11.5. The van der Waals surface area contributed by atoms with Crippen molar-refractivity contribution in [1.82, 2.24) is 4.98 Å². The molecule has 2 aromatic heterocycles. The minimum atomic E-state index is -0.488. The molecule has 0 fully saturated rings. The van der Waals surface area contributed by atoms with Gasteiger partial charge in [-0.1, -0.05) is 30.3 Å². The maximum Gasteiger partial charge on any atom is 0.291 e. The highest BCUT2D eigenvalue weighted by atomic mass is 16.6. The zero-order valence-corrected chi connectivity index (χ0v) is 17.4. The number of nitrogens with zero attached hydrogens (tertiary/aromatic N) is 2. The van der Waals surface area contributed by atoms with Crippen LogP contribution in [-0.4, -0.2) is 15.8 Å². The summed E-state index contributed by atoms with van der Waals surface area (Å²) in [6.07, 6.45) is 0. The van der Waals surface area contributed by atoms with Crippen LogP contribution in [0.25, 0.3) is 33.9 Å². The highest BCUT2D eigenvalue weighted by Gasteiger charge is 2.20. The average Bonchev–Trinajstić information content (AvgIpc) is 3.48. The normalized spacial score (nSPS) is 10.9. The number of anilines is 1. The summed E-state index contributed by atoms with van der Waals surface area (Å²) in [5.41, 5.74) is 3.74. The lowest BCUT2D eigenvalue weighted by Crippen LogP contribution is -2.12. The van der Waals surface area contributed by atoms with Crippen molar-refractivity contribution in [1.29, 1.82) is 0 Å². The smallest absolute Gasteiger partial charge is 0.291 e. The number of carbonyl (C=O) groups excluding carboxylic acids is 1. The van der Waals surface area contributed by atoms with E-state index >= 15 is 0 Å². The Hall–Kier alpha value is -4.72. The van der Waals surface area contributed by atoms with Gasteiger partial charge in [-0.2, -0.15) is 0 Å². The van der Waals surface area contributed by atoms with E-state index in [4.69, 9.17) is 8.83 Å². The number of oxazole rings is 1. The molecule has 0 atom stereocenters. The Morgan fingerprint density at radius 1 is 0.909 bits per heavy atom. The number of carbonyl (C=O) groups is 1. The van der Waals surface area contributed by atoms with Crippen LogP contribution in [-0.2, 0) is 0 Å². The highest BCUT2D eigenvalue weighted by Crippen LogP contribution is 2.33. The van der Waals surface area contributed by atoms with Crippen molar-refractivity contribution in [3.8, 4) is 22.8 Å². The van der Waals surface area contributed by atoms with Gasteiger partial charge in [-0.05, 0) is 55.0 Å². The van der Waals surface area contributed by atoms with Crippen LogP contribution in [0.4, 0.5) is 11.4 Å². The summed E-state index contributed by atoms with van der Waals surface area (Å²) >= 11 is 0. The Balaban J connectivity index is 1.42. The summed E-state index contributed by atoms with van der Waals surface area (Å²) in [4.78, 5) is 28.2. The lowest BCUT2D eigenvalue weighted by Gasteiger charge is -2.10. The van der Waals surface area contributed by atoms with Crippen LogP contribution in [0.5, 0.6) is 0 Å². The van der Waals surface area contributed by atoms with Gasteiger partial charge in [0.25, 0.3) is 11.6 Å². The van der Waals surface area contributed by atoms with Crippen molar-refractivity contribution in [3.63, 3.8) is 0 Å². The lowest BCUT2D eigenvalue weighted by atomic mass is 10.1. The maximum atomic E-state index is 12.8. The van der Waals surface area contributed by atoms with Gasteiger partial charge in [-0.15, -0.1) is 0 Å². The number of nitro benzene ring substituents is 1. The van der Waals surface area contributed by atoms with Crippen molar-refractivity contribution in [2.45, 2.75) is 6.92 Å². The standard InChI is InChI=1S/C25H17N3O5/c1-15-16(25-27-19-9-3-5-12-22(19)33-25)8-6-10-18(15)26-24(29)23-14-13-21(32-23)17-7-2-4-11-20(17)28(30)31/h2-14H,1H3,(H,26,29). The van der Waals surface area contributed by atoms with Gasteiger partial charge in [0.1, 0.15) is 11.3 Å². The fraction of sp³-hybridized carbons (Fsp3) is 0.0400. The monoisotopic (exact) mass is 439 g/mol. The van der Waals surface area contributed by atoms with E-state index in [0.717, 1.165) is 16.6 Å². The third kappa shape index (κ3) is 3.74. The zero-order valence-electron chi connectivity index (χ0n) is 17.4. The van der Waals surface area contributed by atoms with Gasteiger partial charge in [-0.3, -0.25) is 14.9 Å². The fourth-order valence-corrected chi connectivity index (χ4v) is 3.62. The fourth-order valence-electron chi connectivity index (χ4n) is 3.62. The molecule has 0 unspecified atom stereocenters. The molecule has 0 aliphatic heterocycles. The second-order valence-electron chi connectivity index (χ2n) is 7.36. The first-order valence-corrected chi connectivity index (χ1v) is 10.1. The molecule has 0 aliphatic rings. The van der Waals surface area contributed by atoms with Gasteiger partial charge < -0.3 is 14.2 Å². The quantitative estimate of drug-likeness (QED) is 0.257. The number of nitrogens with one attached hydrogen (secondary N) is 1. The van der Waals surface area contributed by atoms with Crippen LogP contribution in [0.2, 0.25) is 0 Å². The molecule has 33 heavy (non-hydrogen) atoms. The number of rotatable bonds is 5. The minimum Gasteiger partial charge on any atom is -0.451 e. The molecule has 162 valence electrons. The number of fused-ring (bicyclic) bond motifs is 1. The number of aromatic nitrogens is 1. The van der Waals surface area contributed by atoms with E-state index in [-0.39, 0.29) is 17.2 Å². The van der Waals surface area contributed by atoms with Crippen LogP contribution >= 0.6 is 0 Å². The van der Waals surface area contributed by atoms with E-state index in [0.29, 0.717) is 22.7 Å². The summed E-state index contributed by atoms with van der Waals surface area (Å²) in [5, 5.41) is 14.1. The molecule has 0 bridgehead atoms.